The lowest BCUT2D eigenvalue weighted by molar-refractivity contribution is -0.117. The van der Waals surface area contributed by atoms with Crippen LogP contribution in [0.5, 0.6) is 0 Å². The minimum Gasteiger partial charge on any atom is -0.325 e. The van der Waals surface area contributed by atoms with Gasteiger partial charge in [0.1, 0.15) is 11.1 Å². The number of urea groups is 1. The highest BCUT2D eigenvalue weighted by Gasteiger charge is 2.40. The normalized spacial score (nSPS) is 16.9. The van der Waals surface area contributed by atoms with Crippen molar-refractivity contribution in [2.45, 2.75) is 26.8 Å². The Kier molecular flexibility index (Phi) is 5.79. The van der Waals surface area contributed by atoms with Gasteiger partial charge in [0.25, 0.3) is 0 Å². The van der Waals surface area contributed by atoms with Crippen molar-refractivity contribution in [2.24, 2.45) is 5.92 Å². The number of nitrogens with one attached hydrogen (secondary N) is 1. The summed E-state index contributed by atoms with van der Waals surface area (Å²) in [7, 11) is 0. The Morgan fingerprint density at radius 2 is 2.11 bits per heavy atom. The summed E-state index contributed by atoms with van der Waals surface area (Å²) < 4.78 is 0.715. The number of nitrogens with zero attached hydrogens (tertiary/aromatic N) is 3. The van der Waals surface area contributed by atoms with E-state index >= 15 is 0 Å². The summed E-state index contributed by atoms with van der Waals surface area (Å²) in [6, 6.07) is 11.1. The number of rotatable bonds is 5. The average molecular weight is 431 g/mol. The van der Waals surface area contributed by atoms with Crippen molar-refractivity contribution in [3.8, 4) is 0 Å². The van der Waals surface area contributed by atoms with Gasteiger partial charge in [-0.2, -0.15) is 0 Å². The number of hydrogen-bond donors (Lipinski definition) is 1. The molecule has 0 aliphatic carbocycles. The average Bonchev–Trinajstić information content (AvgIpc) is 2.92. The Morgan fingerprint density at radius 1 is 1.33 bits per heavy atom. The molecule has 2 aromatic rings. The number of carbonyl (C=O) groups excluding carboxylic acids is 2. The maximum atomic E-state index is 13.0. The summed E-state index contributed by atoms with van der Waals surface area (Å²) >= 11 is 3.31. The van der Waals surface area contributed by atoms with E-state index in [4.69, 9.17) is 0 Å². The van der Waals surface area contributed by atoms with Crippen molar-refractivity contribution in [2.75, 3.05) is 23.3 Å². The van der Waals surface area contributed by atoms with E-state index < -0.39 is 0 Å². The third-order valence-corrected chi connectivity index (χ3v) is 5.12. The maximum absolute atomic E-state index is 13.0. The zero-order valence-electron chi connectivity index (χ0n) is 15.6. The highest BCUT2D eigenvalue weighted by atomic mass is 79.9. The fourth-order valence-corrected chi connectivity index (χ4v) is 3.47. The number of pyridine rings is 1. The van der Waals surface area contributed by atoms with Crippen LogP contribution in [-0.4, -0.2) is 41.0 Å². The molecule has 1 aromatic heterocycles. The van der Waals surface area contributed by atoms with Gasteiger partial charge >= 0.3 is 6.03 Å². The van der Waals surface area contributed by atoms with Gasteiger partial charge < -0.3 is 10.2 Å². The SMILES string of the molecule is Cc1cccc(NC(=O)CN2C(=O)N(c3ccc(Br)nc3)C[C@@H]2C(C)C)c1. The number of aryl methyl sites for hydroxylation is 1. The Bertz CT molecular complexity index is 838. The van der Waals surface area contributed by atoms with Crippen molar-refractivity contribution in [3.63, 3.8) is 0 Å². The standard InChI is InChI=1S/C20H23BrN4O2/c1-13(2)17-11-24(16-7-8-18(21)22-10-16)20(27)25(17)12-19(26)23-15-6-4-5-14(3)9-15/h4-10,13,17H,11-12H2,1-3H3,(H,23,26)/t17-/m1/s1. The molecule has 0 unspecified atom stereocenters. The van der Waals surface area contributed by atoms with Crippen molar-refractivity contribution in [1.82, 2.24) is 9.88 Å². The maximum Gasteiger partial charge on any atom is 0.325 e. The van der Waals surface area contributed by atoms with Crippen molar-refractivity contribution in [3.05, 3.63) is 52.8 Å². The number of amides is 3. The first-order valence-electron chi connectivity index (χ1n) is 8.91. The summed E-state index contributed by atoms with van der Waals surface area (Å²) in [6.45, 7) is 6.66. The van der Waals surface area contributed by atoms with Crippen molar-refractivity contribution in [1.29, 1.82) is 0 Å². The number of hydrogen-bond acceptors (Lipinski definition) is 3. The molecule has 1 aliphatic rings. The molecule has 1 fully saturated rings. The van der Waals surface area contributed by atoms with Gasteiger partial charge in [-0.15, -0.1) is 0 Å². The molecule has 0 bridgehead atoms. The van der Waals surface area contributed by atoms with Crippen molar-refractivity contribution >= 4 is 39.2 Å². The number of halogens is 1. The molecular weight excluding hydrogens is 408 g/mol. The van der Waals surface area contributed by atoms with E-state index in [-0.39, 0.29) is 30.4 Å². The molecular formula is C20H23BrN4O2. The fourth-order valence-electron chi connectivity index (χ4n) is 3.24. The highest BCUT2D eigenvalue weighted by Crippen LogP contribution is 2.27. The van der Waals surface area contributed by atoms with E-state index in [9.17, 15) is 9.59 Å². The Morgan fingerprint density at radius 3 is 2.74 bits per heavy atom. The van der Waals surface area contributed by atoms with Crippen LogP contribution in [-0.2, 0) is 4.79 Å². The van der Waals surface area contributed by atoms with Crippen LogP contribution in [0.4, 0.5) is 16.2 Å². The van der Waals surface area contributed by atoms with Crippen LogP contribution < -0.4 is 10.2 Å². The lowest BCUT2D eigenvalue weighted by Gasteiger charge is -2.25. The van der Waals surface area contributed by atoms with Crippen LogP contribution in [0.2, 0.25) is 0 Å². The minimum absolute atomic E-state index is 0.0239. The highest BCUT2D eigenvalue weighted by molar-refractivity contribution is 9.10. The second kappa shape index (κ2) is 8.08. The molecule has 0 spiro atoms. The molecule has 27 heavy (non-hydrogen) atoms. The van der Waals surface area contributed by atoms with Gasteiger partial charge in [-0.25, -0.2) is 9.78 Å². The topological polar surface area (TPSA) is 65.5 Å². The lowest BCUT2D eigenvalue weighted by Crippen LogP contribution is -2.42. The van der Waals surface area contributed by atoms with Gasteiger partial charge in [0.05, 0.1) is 17.9 Å². The molecule has 6 nitrogen and oxygen atoms in total. The predicted molar refractivity (Wildman–Crippen MR) is 110 cm³/mol. The molecule has 3 rings (SSSR count). The van der Waals surface area contributed by atoms with E-state index in [1.807, 2.05) is 37.3 Å². The number of carbonyl (C=O) groups is 2. The van der Waals surface area contributed by atoms with Gasteiger partial charge in [0, 0.05) is 12.2 Å². The third kappa shape index (κ3) is 4.47. The fraction of sp³-hybridized carbons (Fsp3) is 0.350. The summed E-state index contributed by atoms with van der Waals surface area (Å²) in [4.78, 5) is 33.1. The molecule has 1 aromatic carbocycles. The van der Waals surface area contributed by atoms with Crippen molar-refractivity contribution < 1.29 is 9.59 Å². The number of aromatic nitrogens is 1. The smallest absolute Gasteiger partial charge is 0.325 e. The van der Waals surface area contributed by atoms with Gasteiger partial charge in [-0.05, 0) is 58.6 Å². The van der Waals surface area contributed by atoms with Crippen LogP contribution >= 0.6 is 15.9 Å². The summed E-state index contributed by atoms with van der Waals surface area (Å²) in [5.41, 5.74) is 2.54. The van der Waals surface area contributed by atoms with E-state index in [0.29, 0.717) is 11.1 Å². The van der Waals surface area contributed by atoms with Gasteiger partial charge in [-0.3, -0.25) is 9.69 Å². The molecule has 1 atom stereocenters. The molecule has 1 saturated heterocycles. The summed E-state index contributed by atoms with van der Waals surface area (Å²) in [5.74, 6) is 0.0320. The van der Waals surface area contributed by atoms with Crippen LogP contribution in [0.3, 0.4) is 0 Å². The van der Waals surface area contributed by atoms with E-state index in [0.717, 1.165) is 16.9 Å². The monoisotopic (exact) mass is 430 g/mol. The molecule has 0 radical (unpaired) electrons. The first-order valence-corrected chi connectivity index (χ1v) is 9.70. The van der Waals surface area contributed by atoms with Gasteiger partial charge in [-0.1, -0.05) is 26.0 Å². The largest absolute Gasteiger partial charge is 0.325 e. The zero-order chi connectivity index (χ0) is 19.6. The van der Waals surface area contributed by atoms with Crippen LogP contribution in [0.1, 0.15) is 19.4 Å². The minimum atomic E-state index is -0.199. The van der Waals surface area contributed by atoms with E-state index in [1.165, 1.54) is 0 Å². The van der Waals surface area contributed by atoms with Crippen LogP contribution in [0, 0.1) is 12.8 Å². The quantitative estimate of drug-likeness (QED) is 0.727. The van der Waals surface area contributed by atoms with E-state index in [2.05, 4.69) is 40.1 Å². The molecule has 1 N–H and O–H groups in total. The molecule has 1 aliphatic heterocycles. The van der Waals surface area contributed by atoms with Gasteiger partial charge in [0.15, 0.2) is 0 Å². The first kappa shape index (κ1) is 19.4. The van der Waals surface area contributed by atoms with E-state index in [1.54, 1.807) is 22.1 Å². The molecule has 142 valence electrons. The lowest BCUT2D eigenvalue weighted by atomic mass is 10.0. The zero-order valence-corrected chi connectivity index (χ0v) is 17.2. The number of benzene rings is 1. The van der Waals surface area contributed by atoms with Gasteiger partial charge in [0.2, 0.25) is 5.91 Å². The predicted octanol–water partition coefficient (Wildman–Crippen LogP) is 4.06. The second-order valence-corrected chi connectivity index (χ2v) is 7.90. The molecule has 0 saturated carbocycles. The van der Waals surface area contributed by atoms with Crippen LogP contribution in [0.15, 0.2) is 47.2 Å². The van der Waals surface area contributed by atoms with Crippen LogP contribution in [0.25, 0.3) is 0 Å². The molecule has 3 amide bonds. The summed E-state index contributed by atoms with van der Waals surface area (Å²) in [5, 5.41) is 2.88. The number of anilines is 2. The Balaban J connectivity index is 1.75. The second-order valence-electron chi connectivity index (χ2n) is 7.09. The molecule has 7 heteroatoms. The molecule has 2 heterocycles. The third-order valence-electron chi connectivity index (χ3n) is 4.66. The summed E-state index contributed by atoms with van der Waals surface area (Å²) in [6.07, 6.45) is 1.66. The first-order chi connectivity index (χ1) is 12.8. The Hall–Kier alpha value is -2.41. The Labute approximate surface area is 167 Å².